The Morgan fingerprint density at radius 3 is 2.92 bits per heavy atom. The molecule has 1 aliphatic heterocycles. The first kappa shape index (κ1) is 10.4. The first-order chi connectivity index (χ1) is 5.72. The molecule has 0 aromatic carbocycles. The Balaban J connectivity index is 2.22. The second-order valence-corrected chi connectivity index (χ2v) is 5.77. The first-order valence-electron chi connectivity index (χ1n) is 4.52. The zero-order chi connectivity index (χ0) is 8.97. The molecule has 1 N–H and O–H groups in total. The molecule has 3 nitrogen and oxygen atoms in total. The molecule has 0 aromatic rings. The van der Waals surface area contributed by atoms with Crippen LogP contribution in [0.15, 0.2) is 0 Å². The summed E-state index contributed by atoms with van der Waals surface area (Å²) in [5, 5.41) is 3.44. The standard InChI is InChI=1S/C8H20N3P/c1-4-10(2)7-12-6-9-5-11(3)8-12/h9H,4-8H2,1-3H3. The van der Waals surface area contributed by atoms with Crippen molar-refractivity contribution in [2.24, 2.45) is 0 Å². The van der Waals surface area contributed by atoms with Crippen LogP contribution in [0.25, 0.3) is 0 Å². The van der Waals surface area contributed by atoms with Crippen molar-refractivity contribution in [2.45, 2.75) is 6.92 Å². The summed E-state index contributed by atoms with van der Waals surface area (Å²) in [4.78, 5) is 4.78. The van der Waals surface area contributed by atoms with Crippen LogP contribution in [0.3, 0.4) is 0 Å². The summed E-state index contributed by atoms with van der Waals surface area (Å²) in [5.74, 6) is 0. The summed E-state index contributed by atoms with van der Waals surface area (Å²) < 4.78 is 0. The lowest BCUT2D eigenvalue weighted by atomic mass is 10.7. The fourth-order valence-electron chi connectivity index (χ4n) is 1.38. The van der Waals surface area contributed by atoms with Gasteiger partial charge in [0.2, 0.25) is 0 Å². The Morgan fingerprint density at radius 1 is 1.58 bits per heavy atom. The molecule has 0 bridgehead atoms. The van der Waals surface area contributed by atoms with Crippen molar-refractivity contribution in [1.82, 2.24) is 15.1 Å². The molecule has 0 radical (unpaired) electrons. The second-order valence-electron chi connectivity index (χ2n) is 3.55. The van der Waals surface area contributed by atoms with Gasteiger partial charge in [-0.15, -0.1) is 0 Å². The van der Waals surface area contributed by atoms with Gasteiger partial charge in [-0.05, 0) is 20.6 Å². The van der Waals surface area contributed by atoms with Gasteiger partial charge in [0.05, 0.1) is 0 Å². The molecule has 0 spiro atoms. The van der Waals surface area contributed by atoms with Crippen molar-refractivity contribution in [3.63, 3.8) is 0 Å². The summed E-state index contributed by atoms with van der Waals surface area (Å²) in [6, 6.07) is 0. The van der Waals surface area contributed by atoms with E-state index in [2.05, 4.69) is 36.1 Å². The lowest BCUT2D eigenvalue weighted by Gasteiger charge is -2.33. The van der Waals surface area contributed by atoms with Crippen LogP contribution in [-0.2, 0) is 0 Å². The van der Waals surface area contributed by atoms with Crippen molar-refractivity contribution in [2.75, 3.05) is 46.2 Å². The van der Waals surface area contributed by atoms with E-state index in [1.165, 1.54) is 25.4 Å². The zero-order valence-electron chi connectivity index (χ0n) is 8.38. The quantitative estimate of drug-likeness (QED) is 0.662. The summed E-state index contributed by atoms with van der Waals surface area (Å²) >= 11 is 0. The van der Waals surface area contributed by atoms with Gasteiger partial charge in [-0.3, -0.25) is 4.90 Å². The van der Waals surface area contributed by atoms with E-state index >= 15 is 0 Å². The third-order valence-corrected chi connectivity index (χ3v) is 4.58. The minimum absolute atomic E-state index is 0.184. The maximum atomic E-state index is 3.44. The van der Waals surface area contributed by atoms with Crippen molar-refractivity contribution in [3.05, 3.63) is 0 Å². The fraction of sp³-hybridized carbons (Fsp3) is 1.00. The maximum absolute atomic E-state index is 3.44. The average Bonchev–Trinajstić information content (AvgIpc) is 2.04. The highest BCUT2D eigenvalue weighted by molar-refractivity contribution is 7.57. The van der Waals surface area contributed by atoms with Crippen molar-refractivity contribution >= 4 is 7.92 Å². The van der Waals surface area contributed by atoms with Crippen LogP contribution in [0.2, 0.25) is 0 Å². The fourth-order valence-corrected chi connectivity index (χ4v) is 3.75. The molecular weight excluding hydrogens is 169 g/mol. The molecule has 4 heteroatoms. The second kappa shape index (κ2) is 5.13. The van der Waals surface area contributed by atoms with E-state index in [0.29, 0.717) is 0 Å². The van der Waals surface area contributed by atoms with Crippen LogP contribution in [0.1, 0.15) is 6.92 Å². The minimum Gasteiger partial charge on any atom is -0.302 e. The predicted octanol–water partition coefficient (Wildman–Crippen LogP) is 0.785. The molecule has 1 saturated heterocycles. The van der Waals surface area contributed by atoms with Crippen molar-refractivity contribution in [3.8, 4) is 0 Å². The minimum atomic E-state index is 0.184. The lowest BCUT2D eigenvalue weighted by molar-refractivity contribution is 0.341. The third kappa shape index (κ3) is 3.36. The van der Waals surface area contributed by atoms with E-state index in [0.717, 1.165) is 6.67 Å². The SMILES string of the molecule is CCN(C)CP1CNCN(C)C1. The molecule has 0 saturated carbocycles. The van der Waals surface area contributed by atoms with Crippen LogP contribution in [0, 0.1) is 0 Å². The molecule has 1 heterocycles. The maximum Gasteiger partial charge on any atom is 0.0483 e. The average molecular weight is 189 g/mol. The molecule has 72 valence electrons. The Kier molecular flexibility index (Phi) is 4.44. The molecule has 12 heavy (non-hydrogen) atoms. The van der Waals surface area contributed by atoms with Gasteiger partial charge in [-0.25, -0.2) is 0 Å². The van der Waals surface area contributed by atoms with Crippen LogP contribution >= 0.6 is 7.92 Å². The Labute approximate surface area is 76.9 Å². The summed E-state index contributed by atoms with van der Waals surface area (Å²) in [6.07, 6.45) is 3.82. The Bertz CT molecular complexity index is 131. The van der Waals surface area contributed by atoms with Crippen molar-refractivity contribution in [1.29, 1.82) is 0 Å². The molecule has 1 unspecified atom stereocenters. The molecule has 1 fully saturated rings. The van der Waals surface area contributed by atoms with Crippen LogP contribution in [0.5, 0.6) is 0 Å². The Morgan fingerprint density at radius 2 is 2.33 bits per heavy atom. The van der Waals surface area contributed by atoms with Gasteiger partial charge < -0.3 is 10.2 Å². The molecule has 0 aromatic heterocycles. The van der Waals surface area contributed by atoms with Gasteiger partial charge in [0, 0.05) is 25.5 Å². The van der Waals surface area contributed by atoms with Gasteiger partial charge in [0.15, 0.2) is 0 Å². The highest BCUT2D eigenvalue weighted by Crippen LogP contribution is 2.36. The topological polar surface area (TPSA) is 18.5 Å². The Hall–Kier alpha value is 0.310. The molecular formula is C8H20N3P. The smallest absolute Gasteiger partial charge is 0.0483 e. The van der Waals surface area contributed by atoms with Gasteiger partial charge in [0.25, 0.3) is 0 Å². The monoisotopic (exact) mass is 189 g/mol. The van der Waals surface area contributed by atoms with E-state index < -0.39 is 0 Å². The van der Waals surface area contributed by atoms with Crippen molar-refractivity contribution < 1.29 is 0 Å². The molecule has 0 amide bonds. The number of rotatable bonds is 3. The van der Waals surface area contributed by atoms with E-state index in [1.807, 2.05) is 0 Å². The lowest BCUT2D eigenvalue weighted by Crippen LogP contribution is -2.39. The van der Waals surface area contributed by atoms with Crippen LogP contribution < -0.4 is 5.32 Å². The van der Waals surface area contributed by atoms with Gasteiger partial charge in [-0.2, -0.15) is 0 Å². The van der Waals surface area contributed by atoms with E-state index in [-0.39, 0.29) is 7.92 Å². The van der Waals surface area contributed by atoms with E-state index in [9.17, 15) is 0 Å². The largest absolute Gasteiger partial charge is 0.302 e. The summed E-state index contributed by atoms with van der Waals surface area (Å²) in [5.41, 5.74) is 0. The number of nitrogens with one attached hydrogen (secondary N) is 1. The molecule has 0 aliphatic carbocycles. The number of hydrogen-bond donors (Lipinski definition) is 1. The number of hydrogen-bond acceptors (Lipinski definition) is 3. The van der Waals surface area contributed by atoms with E-state index in [1.54, 1.807) is 0 Å². The zero-order valence-corrected chi connectivity index (χ0v) is 9.27. The highest BCUT2D eigenvalue weighted by Gasteiger charge is 2.16. The summed E-state index contributed by atoms with van der Waals surface area (Å²) in [7, 11) is 4.58. The normalized spacial score (nSPS) is 26.5. The van der Waals surface area contributed by atoms with Crippen LogP contribution in [-0.4, -0.2) is 56.0 Å². The first-order valence-corrected chi connectivity index (χ1v) is 6.42. The molecule has 1 rings (SSSR count). The molecule has 1 aliphatic rings. The van der Waals surface area contributed by atoms with Crippen LogP contribution in [0.4, 0.5) is 0 Å². The van der Waals surface area contributed by atoms with E-state index in [4.69, 9.17) is 0 Å². The van der Waals surface area contributed by atoms with Gasteiger partial charge in [-0.1, -0.05) is 14.8 Å². The third-order valence-electron chi connectivity index (χ3n) is 2.14. The van der Waals surface area contributed by atoms with Gasteiger partial charge in [0.1, 0.15) is 0 Å². The molecule has 1 atom stereocenters. The van der Waals surface area contributed by atoms with Gasteiger partial charge >= 0.3 is 0 Å². The summed E-state index contributed by atoms with van der Waals surface area (Å²) in [6.45, 7) is 4.45. The number of nitrogens with zero attached hydrogens (tertiary/aromatic N) is 2. The highest BCUT2D eigenvalue weighted by atomic mass is 31.1. The predicted molar refractivity (Wildman–Crippen MR) is 55.6 cm³/mol.